The summed E-state index contributed by atoms with van der Waals surface area (Å²) in [4.78, 5) is 0. The van der Waals surface area contributed by atoms with Crippen molar-refractivity contribution in [2.45, 2.75) is 64.5 Å². The number of hydrogen-bond donors (Lipinski definition) is 1. The number of hydrogen-bond acceptors (Lipinski definition) is 2. The first-order chi connectivity index (χ1) is 9.42. The highest BCUT2D eigenvalue weighted by atomic mass is 16.5. The molecule has 20 heavy (non-hydrogen) atoms. The SMILES string of the molecule is CCc1cccc(C(N)C2(OC)CCC(C)(C)CC2)c1. The Morgan fingerprint density at radius 2 is 1.85 bits per heavy atom. The van der Waals surface area contributed by atoms with Gasteiger partial charge in [0.2, 0.25) is 0 Å². The molecule has 112 valence electrons. The molecule has 1 unspecified atom stereocenters. The highest BCUT2D eigenvalue weighted by Crippen LogP contribution is 2.46. The summed E-state index contributed by atoms with van der Waals surface area (Å²) in [5, 5.41) is 0. The molecular formula is C18H29NO. The molecule has 1 aliphatic carbocycles. The number of aryl methyl sites for hydroxylation is 1. The van der Waals surface area contributed by atoms with Crippen LogP contribution in [0.3, 0.4) is 0 Å². The van der Waals surface area contributed by atoms with Gasteiger partial charge >= 0.3 is 0 Å². The van der Waals surface area contributed by atoms with Crippen molar-refractivity contribution < 1.29 is 4.74 Å². The fraction of sp³-hybridized carbons (Fsp3) is 0.667. The average Bonchev–Trinajstić information content (AvgIpc) is 2.47. The molecule has 0 heterocycles. The molecule has 1 atom stereocenters. The Morgan fingerprint density at radius 1 is 1.20 bits per heavy atom. The van der Waals surface area contributed by atoms with Crippen LogP contribution < -0.4 is 5.73 Å². The summed E-state index contributed by atoms with van der Waals surface area (Å²) in [5.41, 5.74) is 9.39. The van der Waals surface area contributed by atoms with Crippen molar-refractivity contribution in [2.75, 3.05) is 7.11 Å². The summed E-state index contributed by atoms with van der Waals surface area (Å²) < 4.78 is 5.94. The molecule has 2 heteroatoms. The Bertz CT molecular complexity index is 442. The van der Waals surface area contributed by atoms with Crippen LogP contribution in [0.4, 0.5) is 0 Å². The van der Waals surface area contributed by atoms with Crippen molar-refractivity contribution in [2.24, 2.45) is 11.1 Å². The zero-order valence-corrected chi connectivity index (χ0v) is 13.4. The predicted octanol–water partition coefficient (Wildman–Crippen LogP) is 4.23. The lowest BCUT2D eigenvalue weighted by atomic mass is 9.67. The van der Waals surface area contributed by atoms with Crippen LogP contribution in [-0.4, -0.2) is 12.7 Å². The van der Waals surface area contributed by atoms with Gasteiger partial charge < -0.3 is 10.5 Å². The number of benzene rings is 1. The van der Waals surface area contributed by atoms with Crippen LogP contribution in [0.1, 0.15) is 63.6 Å². The second kappa shape index (κ2) is 5.87. The van der Waals surface area contributed by atoms with Gasteiger partial charge in [-0.1, -0.05) is 45.0 Å². The van der Waals surface area contributed by atoms with Crippen LogP contribution in [0.5, 0.6) is 0 Å². The maximum atomic E-state index is 6.60. The van der Waals surface area contributed by atoms with Gasteiger partial charge in [-0.3, -0.25) is 0 Å². The Labute approximate surface area is 123 Å². The third-order valence-electron chi connectivity index (χ3n) is 5.14. The largest absolute Gasteiger partial charge is 0.376 e. The van der Waals surface area contributed by atoms with E-state index in [0.717, 1.165) is 19.3 Å². The Balaban J connectivity index is 2.22. The van der Waals surface area contributed by atoms with E-state index in [1.54, 1.807) is 0 Å². The summed E-state index contributed by atoms with van der Waals surface area (Å²) in [6.07, 6.45) is 5.51. The van der Waals surface area contributed by atoms with E-state index in [1.165, 1.54) is 24.0 Å². The van der Waals surface area contributed by atoms with E-state index >= 15 is 0 Å². The summed E-state index contributed by atoms with van der Waals surface area (Å²) in [6, 6.07) is 8.63. The summed E-state index contributed by atoms with van der Waals surface area (Å²) in [5.74, 6) is 0. The van der Waals surface area contributed by atoms with Crippen molar-refractivity contribution in [3.63, 3.8) is 0 Å². The average molecular weight is 275 g/mol. The van der Waals surface area contributed by atoms with Gasteiger partial charge in [-0.05, 0) is 48.6 Å². The quantitative estimate of drug-likeness (QED) is 0.892. The minimum Gasteiger partial charge on any atom is -0.376 e. The molecule has 0 amide bonds. The molecule has 2 N–H and O–H groups in total. The van der Waals surface area contributed by atoms with E-state index in [-0.39, 0.29) is 11.6 Å². The number of methoxy groups -OCH3 is 1. The van der Waals surface area contributed by atoms with Gasteiger partial charge in [-0.25, -0.2) is 0 Å². The zero-order chi connectivity index (χ0) is 14.8. The van der Waals surface area contributed by atoms with Crippen molar-refractivity contribution in [3.05, 3.63) is 35.4 Å². The minimum atomic E-state index is -0.193. The highest BCUT2D eigenvalue weighted by Gasteiger charge is 2.43. The first-order valence-corrected chi connectivity index (χ1v) is 7.82. The van der Waals surface area contributed by atoms with Crippen LogP contribution in [0.2, 0.25) is 0 Å². The smallest absolute Gasteiger partial charge is 0.0870 e. The highest BCUT2D eigenvalue weighted by molar-refractivity contribution is 5.28. The fourth-order valence-corrected chi connectivity index (χ4v) is 3.30. The molecule has 0 radical (unpaired) electrons. The first-order valence-electron chi connectivity index (χ1n) is 7.82. The maximum absolute atomic E-state index is 6.60. The maximum Gasteiger partial charge on any atom is 0.0870 e. The van der Waals surface area contributed by atoms with E-state index in [9.17, 15) is 0 Å². The van der Waals surface area contributed by atoms with E-state index < -0.39 is 0 Å². The third-order valence-corrected chi connectivity index (χ3v) is 5.14. The molecule has 2 nitrogen and oxygen atoms in total. The molecule has 0 aliphatic heterocycles. The standard InChI is InChI=1S/C18H29NO/c1-5-14-7-6-8-15(13-14)16(19)18(20-4)11-9-17(2,3)10-12-18/h6-8,13,16H,5,9-12,19H2,1-4H3. The lowest BCUT2D eigenvalue weighted by Crippen LogP contribution is -2.47. The molecule has 1 aromatic rings. The number of nitrogens with two attached hydrogens (primary N) is 1. The summed E-state index contributed by atoms with van der Waals surface area (Å²) in [6.45, 7) is 6.87. The Kier molecular flexibility index (Phi) is 4.55. The van der Waals surface area contributed by atoms with Gasteiger partial charge in [0.05, 0.1) is 11.6 Å². The zero-order valence-electron chi connectivity index (χ0n) is 13.4. The molecule has 0 spiro atoms. The first kappa shape index (κ1) is 15.5. The molecule has 0 bridgehead atoms. The van der Waals surface area contributed by atoms with Crippen molar-refractivity contribution >= 4 is 0 Å². The van der Waals surface area contributed by atoms with E-state index in [0.29, 0.717) is 5.41 Å². The van der Waals surface area contributed by atoms with Gasteiger partial charge in [0.15, 0.2) is 0 Å². The van der Waals surface area contributed by atoms with Crippen LogP contribution in [0, 0.1) is 5.41 Å². The van der Waals surface area contributed by atoms with Gasteiger partial charge in [0.25, 0.3) is 0 Å². The van der Waals surface area contributed by atoms with Gasteiger partial charge in [-0.15, -0.1) is 0 Å². The van der Waals surface area contributed by atoms with Crippen LogP contribution in [0.25, 0.3) is 0 Å². The lowest BCUT2D eigenvalue weighted by Gasteiger charge is -2.46. The normalized spacial score (nSPS) is 22.4. The molecule has 1 aromatic carbocycles. The summed E-state index contributed by atoms with van der Waals surface area (Å²) in [7, 11) is 1.82. The predicted molar refractivity (Wildman–Crippen MR) is 84.7 cm³/mol. The van der Waals surface area contributed by atoms with E-state index in [1.807, 2.05) is 7.11 Å². The second-order valence-corrected chi connectivity index (χ2v) is 7.01. The molecular weight excluding hydrogens is 246 g/mol. The number of rotatable bonds is 4. The molecule has 0 aromatic heterocycles. The molecule has 1 fully saturated rings. The van der Waals surface area contributed by atoms with Crippen molar-refractivity contribution in [1.29, 1.82) is 0 Å². The number of ether oxygens (including phenoxy) is 1. The minimum absolute atomic E-state index is 0.0323. The Hall–Kier alpha value is -0.860. The molecule has 2 rings (SSSR count). The van der Waals surface area contributed by atoms with Crippen molar-refractivity contribution in [1.82, 2.24) is 0 Å². The van der Waals surface area contributed by atoms with Crippen LogP contribution in [-0.2, 0) is 11.2 Å². The lowest BCUT2D eigenvalue weighted by molar-refractivity contribution is -0.0794. The van der Waals surface area contributed by atoms with E-state index in [2.05, 4.69) is 45.0 Å². The topological polar surface area (TPSA) is 35.2 Å². The molecule has 0 saturated heterocycles. The van der Waals surface area contributed by atoms with Gasteiger partial charge in [0.1, 0.15) is 0 Å². The van der Waals surface area contributed by atoms with Gasteiger partial charge in [0, 0.05) is 7.11 Å². The molecule has 1 saturated carbocycles. The van der Waals surface area contributed by atoms with Crippen molar-refractivity contribution in [3.8, 4) is 0 Å². The second-order valence-electron chi connectivity index (χ2n) is 7.01. The van der Waals surface area contributed by atoms with Crippen LogP contribution >= 0.6 is 0 Å². The van der Waals surface area contributed by atoms with E-state index in [4.69, 9.17) is 10.5 Å². The Morgan fingerprint density at radius 3 is 2.40 bits per heavy atom. The third kappa shape index (κ3) is 3.07. The molecule has 1 aliphatic rings. The fourth-order valence-electron chi connectivity index (χ4n) is 3.30. The monoisotopic (exact) mass is 275 g/mol. The van der Waals surface area contributed by atoms with Crippen LogP contribution in [0.15, 0.2) is 24.3 Å². The van der Waals surface area contributed by atoms with Gasteiger partial charge in [-0.2, -0.15) is 0 Å². The summed E-state index contributed by atoms with van der Waals surface area (Å²) >= 11 is 0.